The minimum absolute atomic E-state index is 0.142. The van der Waals surface area contributed by atoms with Crippen LogP contribution in [-0.2, 0) is 9.53 Å². The Bertz CT molecular complexity index is 349. The maximum Gasteiger partial charge on any atom is 0.314 e. The minimum atomic E-state index is -0.787. The molecule has 0 aromatic rings. The van der Waals surface area contributed by atoms with Crippen LogP contribution in [-0.4, -0.2) is 42.9 Å². The Morgan fingerprint density at radius 2 is 2.05 bits per heavy atom. The molecule has 6 nitrogen and oxygen atoms in total. The van der Waals surface area contributed by atoms with Crippen molar-refractivity contribution in [2.75, 3.05) is 19.7 Å². The molecule has 2 amide bonds. The van der Waals surface area contributed by atoms with E-state index in [-0.39, 0.29) is 24.0 Å². The summed E-state index contributed by atoms with van der Waals surface area (Å²) in [6.45, 7) is 1.88. The Kier molecular flexibility index (Phi) is 5.23. The number of carbonyl (C=O) groups is 2. The second kappa shape index (κ2) is 6.92. The van der Waals surface area contributed by atoms with Crippen molar-refractivity contribution in [3.63, 3.8) is 0 Å². The van der Waals surface area contributed by atoms with E-state index in [0.29, 0.717) is 13.1 Å². The molecule has 2 fully saturated rings. The molecule has 114 valence electrons. The normalized spacial score (nSPS) is 23.9. The largest absolute Gasteiger partial charge is 0.481 e. The van der Waals surface area contributed by atoms with Gasteiger partial charge in [0.2, 0.25) is 0 Å². The van der Waals surface area contributed by atoms with Gasteiger partial charge in [0, 0.05) is 19.7 Å². The first kappa shape index (κ1) is 15.1. The molecule has 1 heterocycles. The third-order valence-electron chi connectivity index (χ3n) is 4.34. The van der Waals surface area contributed by atoms with Gasteiger partial charge in [0.25, 0.3) is 0 Å². The van der Waals surface area contributed by atoms with Crippen LogP contribution >= 0.6 is 0 Å². The molecule has 0 radical (unpaired) electrons. The number of nitrogens with one attached hydrogen (secondary N) is 2. The average molecular weight is 284 g/mol. The summed E-state index contributed by atoms with van der Waals surface area (Å²) in [6.07, 6.45) is 6.26. The molecule has 0 aromatic heterocycles. The molecule has 3 N–H and O–H groups in total. The molecule has 20 heavy (non-hydrogen) atoms. The van der Waals surface area contributed by atoms with Crippen molar-refractivity contribution < 1.29 is 19.4 Å². The van der Waals surface area contributed by atoms with Crippen LogP contribution in [0.1, 0.15) is 44.9 Å². The van der Waals surface area contributed by atoms with E-state index in [0.717, 1.165) is 45.1 Å². The van der Waals surface area contributed by atoms with Gasteiger partial charge in [-0.3, -0.25) is 4.79 Å². The van der Waals surface area contributed by atoms with E-state index in [4.69, 9.17) is 9.84 Å². The summed E-state index contributed by atoms with van der Waals surface area (Å²) in [5, 5.41) is 14.5. The van der Waals surface area contributed by atoms with E-state index in [2.05, 4.69) is 10.6 Å². The summed E-state index contributed by atoms with van der Waals surface area (Å²) in [5.74, 6) is -0.787. The Morgan fingerprint density at radius 1 is 1.25 bits per heavy atom. The lowest BCUT2D eigenvalue weighted by molar-refractivity contribution is -0.141. The summed E-state index contributed by atoms with van der Waals surface area (Å²) in [4.78, 5) is 22.5. The van der Waals surface area contributed by atoms with Crippen LogP contribution in [0, 0.1) is 5.41 Å². The molecule has 0 spiro atoms. The predicted molar refractivity (Wildman–Crippen MR) is 73.5 cm³/mol. The van der Waals surface area contributed by atoms with E-state index < -0.39 is 5.97 Å². The standard InChI is InChI=1S/C14H24N2O4/c17-12(18)9-14(5-2-6-14)10-16-13(19)15-7-4-11-3-1-8-20-11/h11H,1-10H2,(H,17,18)(H2,15,16,19). The maximum atomic E-state index is 11.7. The zero-order valence-electron chi connectivity index (χ0n) is 11.8. The molecule has 2 aliphatic rings. The van der Waals surface area contributed by atoms with E-state index in [1.165, 1.54) is 0 Å². The number of aliphatic carboxylic acids is 1. The Balaban J connectivity index is 1.60. The fraction of sp³-hybridized carbons (Fsp3) is 0.857. The van der Waals surface area contributed by atoms with Gasteiger partial charge >= 0.3 is 12.0 Å². The Morgan fingerprint density at radius 3 is 2.60 bits per heavy atom. The quantitative estimate of drug-likeness (QED) is 0.661. The first-order valence-corrected chi connectivity index (χ1v) is 7.45. The van der Waals surface area contributed by atoms with Crippen LogP contribution < -0.4 is 10.6 Å². The van der Waals surface area contributed by atoms with Gasteiger partial charge in [-0.25, -0.2) is 4.79 Å². The first-order chi connectivity index (χ1) is 9.60. The first-order valence-electron chi connectivity index (χ1n) is 7.45. The van der Waals surface area contributed by atoms with Crippen molar-refractivity contribution in [1.82, 2.24) is 10.6 Å². The highest BCUT2D eigenvalue weighted by Gasteiger charge is 2.39. The van der Waals surface area contributed by atoms with Crippen LogP contribution in [0.3, 0.4) is 0 Å². The van der Waals surface area contributed by atoms with Gasteiger partial charge in [0.1, 0.15) is 0 Å². The van der Waals surface area contributed by atoms with Crippen molar-refractivity contribution in [2.24, 2.45) is 5.41 Å². The summed E-state index contributed by atoms with van der Waals surface area (Å²) in [7, 11) is 0. The molecule has 0 aromatic carbocycles. The predicted octanol–water partition coefficient (Wildman–Crippen LogP) is 1.50. The molecule has 1 saturated heterocycles. The highest BCUT2D eigenvalue weighted by Crippen LogP contribution is 2.43. The summed E-state index contributed by atoms with van der Waals surface area (Å²) in [5.41, 5.74) is -0.224. The summed E-state index contributed by atoms with van der Waals surface area (Å²) >= 11 is 0. The molecule has 1 unspecified atom stereocenters. The van der Waals surface area contributed by atoms with Crippen LogP contribution in [0.2, 0.25) is 0 Å². The highest BCUT2D eigenvalue weighted by atomic mass is 16.5. The van der Waals surface area contributed by atoms with E-state index in [1.54, 1.807) is 0 Å². The maximum absolute atomic E-state index is 11.7. The summed E-state index contributed by atoms with van der Waals surface area (Å²) < 4.78 is 5.48. The van der Waals surface area contributed by atoms with Crippen LogP contribution in [0.15, 0.2) is 0 Å². The number of hydrogen-bond acceptors (Lipinski definition) is 3. The number of ether oxygens (including phenoxy) is 1. The lowest BCUT2D eigenvalue weighted by atomic mass is 9.66. The van der Waals surface area contributed by atoms with Crippen molar-refractivity contribution in [1.29, 1.82) is 0 Å². The SMILES string of the molecule is O=C(O)CC1(CNC(=O)NCCC2CCCO2)CCC1. The topological polar surface area (TPSA) is 87.7 Å². The second-order valence-electron chi connectivity index (χ2n) is 5.96. The van der Waals surface area contributed by atoms with Crippen molar-refractivity contribution >= 4 is 12.0 Å². The van der Waals surface area contributed by atoms with Crippen LogP contribution in [0.5, 0.6) is 0 Å². The molecule has 1 aliphatic carbocycles. The van der Waals surface area contributed by atoms with Crippen molar-refractivity contribution in [3.8, 4) is 0 Å². The lowest BCUT2D eigenvalue weighted by Gasteiger charge is -2.40. The van der Waals surface area contributed by atoms with Gasteiger partial charge in [-0.1, -0.05) is 6.42 Å². The molecule has 6 heteroatoms. The molecule has 2 rings (SSSR count). The fourth-order valence-electron chi connectivity index (χ4n) is 2.96. The van der Waals surface area contributed by atoms with Gasteiger partial charge in [-0.15, -0.1) is 0 Å². The number of urea groups is 1. The smallest absolute Gasteiger partial charge is 0.314 e. The van der Waals surface area contributed by atoms with Gasteiger partial charge in [0.05, 0.1) is 12.5 Å². The minimum Gasteiger partial charge on any atom is -0.481 e. The number of carboxylic acid groups (broad SMARTS) is 1. The summed E-state index contributed by atoms with van der Waals surface area (Å²) in [6, 6.07) is -0.209. The van der Waals surface area contributed by atoms with Gasteiger partial charge in [-0.05, 0) is 37.5 Å². The van der Waals surface area contributed by atoms with Gasteiger partial charge < -0.3 is 20.5 Å². The third-order valence-corrected chi connectivity index (χ3v) is 4.34. The number of hydrogen-bond donors (Lipinski definition) is 3. The number of amides is 2. The second-order valence-corrected chi connectivity index (χ2v) is 5.96. The van der Waals surface area contributed by atoms with E-state index >= 15 is 0 Å². The van der Waals surface area contributed by atoms with Crippen LogP contribution in [0.25, 0.3) is 0 Å². The van der Waals surface area contributed by atoms with E-state index in [1.807, 2.05) is 0 Å². The Hall–Kier alpha value is -1.30. The number of carbonyl (C=O) groups excluding carboxylic acids is 1. The lowest BCUT2D eigenvalue weighted by Crippen LogP contribution is -2.46. The zero-order chi connectivity index (χ0) is 14.4. The molecule has 1 aliphatic heterocycles. The van der Waals surface area contributed by atoms with E-state index in [9.17, 15) is 9.59 Å². The average Bonchev–Trinajstić information content (AvgIpc) is 2.85. The monoisotopic (exact) mass is 284 g/mol. The van der Waals surface area contributed by atoms with Gasteiger partial charge in [-0.2, -0.15) is 0 Å². The number of carboxylic acids is 1. The Labute approximate surface area is 119 Å². The number of rotatable bonds is 7. The van der Waals surface area contributed by atoms with Crippen molar-refractivity contribution in [2.45, 2.75) is 51.0 Å². The third kappa shape index (κ3) is 4.37. The zero-order valence-corrected chi connectivity index (χ0v) is 11.8. The highest BCUT2D eigenvalue weighted by molar-refractivity contribution is 5.74. The van der Waals surface area contributed by atoms with Crippen LogP contribution in [0.4, 0.5) is 4.79 Å². The molecule has 0 bridgehead atoms. The molecular formula is C14H24N2O4. The fourth-order valence-corrected chi connectivity index (χ4v) is 2.96. The molecule has 1 saturated carbocycles. The van der Waals surface area contributed by atoms with Gasteiger partial charge in [0.15, 0.2) is 0 Å². The molecular weight excluding hydrogens is 260 g/mol. The molecule has 1 atom stereocenters. The van der Waals surface area contributed by atoms with Crippen molar-refractivity contribution in [3.05, 3.63) is 0 Å².